The molecule has 0 saturated heterocycles. The van der Waals surface area contributed by atoms with E-state index in [0.29, 0.717) is 0 Å². The van der Waals surface area contributed by atoms with Gasteiger partial charge in [0.05, 0.1) is 11.6 Å². The number of aromatic nitrogens is 1. The van der Waals surface area contributed by atoms with Gasteiger partial charge in [-0.15, -0.1) is 0 Å². The minimum atomic E-state index is -0.133. The predicted molar refractivity (Wildman–Crippen MR) is 79.1 cm³/mol. The number of hydrogen-bond donors (Lipinski definition) is 2. The fraction of sp³-hybridized carbons (Fsp3) is 0.188. The number of pyridine rings is 1. The Hall–Kier alpha value is -2.17. The molecule has 0 aliphatic rings. The zero-order valence-corrected chi connectivity index (χ0v) is 11.6. The van der Waals surface area contributed by atoms with E-state index in [1.54, 1.807) is 6.20 Å². The lowest BCUT2D eigenvalue weighted by Gasteiger charge is -2.17. The Balaban J connectivity index is 2.19. The summed E-state index contributed by atoms with van der Waals surface area (Å²) in [4.78, 5) is 4.49. The van der Waals surface area contributed by atoms with Crippen LogP contribution in [0.25, 0.3) is 10.9 Å². The summed E-state index contributed by atoms with van der Waals surface area (Å²) < 4.78 is 5.61. The third kappa shape index (κ3) is 2.09. The average Bonchev–Trinajstić information content (AvgIpc) is 2.79. The first kappa shape index (κ1) is 12.8. The van der Waals surface area contributed by atoms with Crippen LogP contribution in [0.3, 0.4) is 0 Å². The highest BCUT2D eigenvalue weighted by Gasteiger charge is 2.20. The van der Waals surface area contributed by atoms with Gasteiger partial charge in [-0.1, -0.05) is 24.3 Å². The van der Waals surface area contributed by atoms with E-state index in [0.717, 1.165) is 33.6 Å². The van der Waals surface area contributed by atoms with Crippen LogP contribution in [0.15, 0.2) is 47.0 Å². The number of para-hydroxylation sites is 1. The Labute approximate surface area is 117 Å². The van der Waals surface area contributed by atoms with Crippen LogP contribution < -0.4 is 11.3 Å². The van der Waals surface area contributed by atoms with Crippen LogP contribution in [0.2, 0.25) is 0 Å². The average molecular weight is 267 g/mol. The molecular formula is C16H17N3O. The van der Waals surface area contributed by atoms with Crippen molar-refractivity contribution in [2.45, 2.75) is 19.9 Å². The van der Waals surface area contributed by atoms with Gasteiger partial charge in [0.1, 0.15) is 11.5 Å². The van der Waals surface area contributed by atoms with Crippen LogP contribution in [-0.2, 0) is 0 Å². The number of benzene rings is 1. The van der Waals surface area contributed by atoms with Gasteiger partial charge in [0.25, 0.3) is 0 Å². The maximum Gasteiger partial charge on any atom is 0.106 e. The van der Waals surface area contributed by atoms with Gasteiger partial charge in [-0.05, 0) is 26.0 Å². The first-order valence-electron chi connectivity index (χ1n) is 6.57. The summed E-state index contributed by atoms with van der Waals surface area (Å²) in [5.74, 6) is 7.54. The van der Waals surface area contributed by atoms with Crippen molar-refractivity contribution in [3.05, 3.63) is 65.2 Å². The van der Waals surface area contributed by atoms with Crippen molar-refractivity contribution in [3.63, 3.8) is 0 Å². The van der Waals surface area contributed by atoms with Gasteiger partial charge in [0.2, 0.25) is 0 Å². The van der Waals surface area contributed by atoms with E-state index < -0.39 is 0 Å². The molecule has 3 rings (SSSR count). The van der Waals surface area contributed by atoms with Crippen LogP contribution in [-0.4, -0.2) is 4.98 Å². The number of nitrogens with zero attached hydrogens (tertiary/aromatic N) is 1. The molecule has 0 spiro atoms. The molecule has 1 aromatic carbocycles. The van der Waals surface area contributed by atoms with Gasteiger partial charge in [-0.25, -0.2) is 5.43 Å². The van der Waals surface area contributed by atoms with Gasteiger partial charge < -0.3 is 4.42 Å². The van der Waals surface area contributed by atoms with E-state index in [-0.39, 0.29) is 6.04 Å². The van der Waals surface area contributed by atoms with Crippen molar-refractivity contribution in [1.29, 1.82) is 0 Å². The number of nitrogens with two attached hydrogens (primary N) is 1. The van der Waals surface area contributed by atoms with Crippen LogP contribution in [0.5, 0.6) is 0 Å². The number of nitrogens with one attached hydrogen (secondary N) is 1. The van der Waals surface area contributed by atoms with Crippen molar-refractivity contribution < 1.29 is 4.42 Å². The molecule has 4 heteroatoms. The van der Waals surface area contributed by atoms with E-state index in [1.807, 2.05) is 50.2 Å². The van der Waals surface area contributed by atoms with Gasteiger partial charge in [0, 0.05) is 22.7 Å². The predicted octanol–water partition coefficient (Wildman–Crippen LogP) is 3.00. The van der Waals surface area contributed by atoms with E-state index >= 15 is 0 Å². The van der Waals surface area contributed by atoms with Crippen LogP contribution >= 0.6 is 0 Å². The van der Waals surface area contributed by atoms with Crippen molar-refractivity contribution in [2.75, 3.05) is 0 Å². The molecule has 0 radical (unpaired) electrons. The lowest BCUT2D eigenvalue weighted by atomic mass is 9.97. The highest BCUT2D eigenvalue weighted by atomic mass is 16.3. The second kappa shape index (κ2) is 5.07. The summed E-state index contributed by atoms with van der Waals surface area (Å²) in [5.41, 5.74) is 5.93. The number of furan rings is 1. The molecule has 1 atom stereocenters. The Morgan fingerprint density at radius 2 is 1.95 bits per heavy atom. The normalized spacial score (nSPS) is 12.8. The molecule has 0 amide bonds. The minimum absolute atomic E-state index is 0.133. The SMILES string of the molecule is Cc1cc(C(NN)c2cccc3cccnc23)c(C)o1. The summed E-state index contributed by atoms with van der Waals surface area (Å²) in [5, 5.41) is 1.10. The maximum absolute atomic E-state index is 5.79. The molecule has 1 unspecified atom stereocenters. The summed E-state index contributed by atoms with van der Waals surface area (Å²) in [7, 11) is 0. The number of fused-ring (bicyclic) bond motifs is 1. The maximum atomic E-state index is 5.79. The zero-order valence-electron chi connectivity index (χ0n) is 11.6. The Kier molecular flexibility index (Phi) is 3.26. The van der Waals surface area contributed by atoms with Crippen molar-refractivity contribution in [2.24, 2.45) is 5.84 Å². The highest BCUT2D eigenvalue weighted by molar-refractivity contribution is 5.82. The molecule has 0 bridgehead atoms. The van der Waals surface area contributed by atoms with Crippen molar-refractivity contribution >= 4 is 10.9 Å². The molecule has 102 valence electrons. The Morgan fingerprint density at radius 3 is 2.65 bits per heavy atom. The van der Waals surface area contributed by atoms with Gasteiger partial charge in [0.15, 0.2) is 0 Å². The largest absolute Gasteiger partial charge is 0.466 e. The number of rotatable bonds is 3. The van der Waals surface area contributed by atoms with Crippen LogP contribution in [0.4, 0.5) is 0 Å². The third-order valence-corrected chi connectivity index (χ3v) is 3.53. The molecule has 4 nitrogen and oxygen atoms in total. The second-order valence-electron chi connectivity index (χ2n) is 4.89. The van der Waals surface area contributed by atoms with Gasteiger partial charge >= 0.3 is 0 Å². The molecule has 2 aromatic heterocycles. The van der Waals surface area contributed by atoms with Gasteiger partial charge in [-0.3, -0.25) is 10.8 Å². The van der Waals surface area contributed by atoms with E-state index in [4.69, 9.17) is 10.3 Å². The fourth-order valence-corrected chi connectivity index (χ4v) is 2.64. The molecule has 2 heterocycles. The standard InChI is InChI=1S/C16H17N3O/c1-10-9-14(11(2)20-10)16(19-17)13-7-3-5-12-6-4-8-18-15(12)13/h3-9,16,19H,17H2,1-2H3. The van der Waals surface area contributed by atoms with Crippen LogP contribution in [0, 0.1) is 13.8 Å². The second-order valence-corrected chi connectivity index (χ2v) is 4.89. The molecular weight excluding hydrogens is 250 g/mol. The summed E-state index contributed by atoms with van der Waals surface area (Å²) in [6.45, 7) is 3.89. The quantitative estimate of drug-likeness (QED) is 0.565. The topological polar surface area (TPSA) is 64.1 Å². The third-order valence-electron chi connectivity index (χ3n) is 3.53. The first-order valence-corrected chi connectivity index (χ1v) is 6.57. The summed E-state index contributed by atoms with van der Waals surface area (Å²) in [6, 6.07) is 12.0. The number of aryl methyl sites for hydroxylation is 2. The first-order chi connectivity index (χ1) is 9.70. The fourth-order valence-electron chi connectivity index (χ4n) is 2.64. The molecule has 0 fully saturated rings. The molecule has 3 N–H and O–H groups in total. The number of hydrogen-bond acceptors (Lipinski definition) is 4. The van der Waals surface area contributed by atoms with Crippen molar-refractivity contribution in [1.82, 2.24) is 10.4 Å². The van der Waals surface area contributed by atoms with Crippen LogP contribution in [0.1, 0.15) is 28.7 Å². The van der Waals surface area contributed by atoms with E-state index in [9.17, 15) is 0 Å². The molecule has 0 saturated carbocycles. The Bertz CT molecular complexity index is 743. The lowest BCUT2D eigenvalue weighted by molar-refractivity contribution is 0.495. The number of hydrazine groups is 1. The lowest BCUT2D eigenvalue weighted by Crippen LogP contribution is -2.29. The summed E-state index contributed by atoms with van der Waals surface area (Å²) >= 11 is 0. The summed E-state index contributed by atoms with van der Waals surface area (Å²) in [6.07, 6.45) is 1.80. The van der Waals surface area contributed by atoms with Crippen molar-refractivity contribution in [3.8, 4) is 0 Å². The molecule has 3 aromatic rings. The van der Waals surface area contributed by atoms with Gasteiger partial charge in [-0.2, -0.15) is 0 Å². The Morgan fingerprint density at radius 1 is 1.15 bits per heavy atom. The molecule has 20 heavy (non-hydrogen) atoms. The van der Waals surface area contributed by atoms with E-state index in [1.165, 1.54) is 0 Å². The molecule has 0 aliphatic heterocycles. The van der Waals surface area contributed by atoms with E-state index in [2.05, 4.69) is 10.4 Å². The minimum Gasteiger partial charge on any atom is -0.466 e. The smallest absolute Gasteiger partial charge is 0.106 e. The zero-order chi connectivity index (χ0) is 14.1. The monoisotopic (exact) mass is 267 g/mol. The molecule has 0 aliphatic carbocycles. The highest BCUT2D eigenvalue weighted by Crippen LogP contribution is 2.30.